The van der Waals surface area contributed by atoms with Crippen LogP contribution < -0.4 is 4.90 Å². The van der Waals surface area contributed by atoms with Crippen LogP contribution in [0.15, 0.2) is 47.4 Å². The van der Waals surface area contributed by atoms with E-state index in [4.69, 9.17) is 16.6 Å². The number of fused-ring (bicyclic) bond motifs is 1. The molecule has 0 N–H and O–H groups in total. The largest absolute Gasteiger partial charge is 0.302 e. The Balaban J connectivity index is 1.62. The lowest BCUT2D eigenvalue weighted by atomic mass is 10.0. The molecule has 3 aromatic rings. The molecule has 1 atom stereocenters. The molecular formula is C27H35ClN4O3S2. The standard InChI is InChI=1S/C27H35ClN4O3S2/c1-4-22-9-7-8-16-32(22)37(34,35)23-13-10-20(11-14-23)26(33)31(18-17-30(5-2)6-3)27-29-24-15-12-21(28)19-25(24)36-27/h10-15,19,22H,4-9,16-18H2,1-3H3. The van der Waals surface area contributed by atoms with Crippen LogP contribution in [-0.4, -0.2) is 67.3 Å². The number of halogens is 1. The lowest BCUT2D eigenvalue weighted by Gasteiger charge is -2.34. The molecule has 2 aromatic carbocycles. The summed E-state index contributed by atoms with van der Waals surface area (Å²) in [6.45, 7) is 9.71. The monoisotopic (exact) mass is 562 g/mol. The summed E-state index contributed by atoms with van der Waals surface area (Å²) in [5.41, 5.74) is 1.22. The molecule has 1 aliphatic rings. The Kier molecular flexibility index (Phi) is 9.24. The molecular weight excluding hydrogens is 528 g/mol. The highest BCUT2D eigenvalue weighted by molar-refractivity contribution is 7.89. The Morgan fingerprint density at radius 2 is 1.81 bits per heavy atom. The summed E-state index contributed by atoms with van der Waals surface area (Å²) in [5, 5.41) is 1.23. The Labute approximate surface area is 229 Å². The SMILES string of the molecule is CCC1CCCCN1S(=O)(=O)c1ccc(C(=O)N(CCN(CC)CC)c2nc3ccc(Cl)cc3s2)cc1. The van der Waals surface area contributed by atoms with E-state index in [0.29, 0.717) is 35.4 Å². The van der Waals surface area contributed by atoms with Crippen molar-refractivity contribution in [2.45, 2.75) is 57.4 Å². The Hall–Kier alpha value is -2.04. The van der Waals surface area contributed by atoms with Gasteiger partial charge in [0.1, 0.15) is 0 Å². The van der Waals surface area contributed by atoms with Crippen LogP contribution in [0, 0.1) is 0 Å². The van der Waals surface area contributed by atoms with Gasteiger partial charge in [-0.05, 0) is 74.8 Å². The summed E-state index contributed by atoms with van der Waals surface area (Å²) in [6, 6.07) is 11.9. The Morgan fingerprint density at radius 3 is 2.49 bits per heavy atom. The molecule has 0 bridgehead atoms. The summed E-state index contributed by atoms with van der Waals surface area (Å²) >= 11 is 7.60. The van der Waals surface area contributed by atoms with Crippen LogP contribution in [0.3, 0.4) is 0 Å². The van der Waals surface area contributed by atoms with Crippen molar-refractivity contribution in [3.63, 3.8) is 0 Å². The first-order chi connectivity index (χ1) is 17.8. The summed E-state index contributed by atoms with van der Waals surface area (Å²) < 4.78 is 29.3. The van der Waals surface area contributed by atoms with Gasteiger partial charge in [-0.25, -0.2) is 13.4 Å². The molecule has 1 fully saturated rings. The van der Waals surface area contributed by atoms with Gasteiger partial charge in [0.2, 0.25) is 10.0 Å². The quantitative estimate of drug-likeness (QED) is 0.308. The van der Waals surface area contributed by atoms with E-state index in [1.807, 2.05) is 19.1 Å². The van der Waals surface area contributed by atoms with Crippen molar-refractivity contribution in [3.05, 3.63) is 53.1 Å². The van der Waals surface area contributed by atoms with Crippen LogP contribution in [0.2, 0.25) is 5.02 Å². The maximum Gasteiger partial charge on any atom is 0.260 e. The number of carbonyl (C=O) groups excluding carboxylic acids is 1. The number of aromatic nitrogens is 1. The zero-order chi connectivity index (χ0) is 26.6. The van der Waals surface area contributed by atoms with Crippen LogP contribution in [0.4, 0.5) is 5.13 Å². The number of anilines is 1. The minimum absolute atomic E-state index is 0.0307. The van der Waals surface area contributed by atoms with Gasteiger partial charge in [-0.1, -0.05) is 50.1 Å². The van der Waals surface area contributed by atoms with Crippen LogP contribution >= 0.6 is 22.9 Å². The number of piperidine rings is 1. The van der Waals surface area contributed by atoms with Crippen LogP contribution in [0.25, 0.3) is 10.2 Å². The van der Waals surface area contributed by atoms with E-state index >= 15 is 0 Å². The van der Waals surface area contributed by atoms with Crippen molar-refractivity contribution >= 4 is 54.2 Å². The number of hydrogen-bond acceptors (Lipinski definition) is 6. The van der Waals surface area contributed by atoms with Gasteiger partial charge in [-0.3, -0.25) is 9.69 Å². The van der Waals surface area contributed by atoms with Crippen molar-refractivity contribution in [3.8, 4) is 0 Å². The predicted molar refractivity (Wildman–Crippen MR) is 152 cm³/mol. The second kappa shape index (κ2) is 12.2. The number of nitrogens with zero attached hydrogens (tertiary/aromatic N) is 4. The zero-order valence-corrected chi connectivity index (χ0v) is 24.1. The first-order valence-electron chi connectivity index (χ1n) is 13.0. The van der Waals surface area contributed by atoms with Crippen LogP contribution in [-0.2, 0) is 10.0 Å². The van der Waals surface area contributed by atoms with Crippen molar-refractivity contribution in [2.24, 2.45) is 0 Å². The van der Waals surface area contributed by atoms with E-state index in [1.165, 1.54) is 11.3 Å². The smallest absolute Gasteiger partial charge is 0.260 e. The van der Waals surface area contributed by atoms with Gasteiger partial charge >= 0.3 is 0 Å². The van der Waals surface area contributed by atoms with Gasteiger partial charge in [0, 0.05) is 36.3 Å². The summed E-state index contributed by atoms with van der Waals surface area (Å²) in [6.07, 6.45) is 3.62. The third kappa shape index (κ3) is 6.17. The Bertz CT molecular complexity index is 1320. The molecule has 4 rings (SSSR count). The van der Waals surface area contributed by atoms with E-state index < -0.39 is 10.0 Å². The fourth-order valence-corrected chi connectivity index (χ4v) is 7.86. The number of thiazole rings is 1. The van der Waals surface area contributed by atoms with E-state index in [0.717, 1.165) is 49.0 Å². The maximum atomic E-state index is 13.7. The number of likely N-dealkylation sites (N-methyl/N-ethyl adjacent to an activating group) is 1. The topological polar surface area (TPSA) is 73.8 Å². The van der Waals surface area contributed by atoms with Gasteiger partial charge < -0.3 is 4.90 Å². The first-order valence-corrected chi connectivity index (χ1v) is 15.6. The molecule has 2 heterocycles. The van der Waals surface area contributed by atoms with Crippen molar-refractivity contribution in [2.75, 3.05) is 37.6 Å². The number of amides is 1. The third-order valence-corrected chi connectivity index (χ3v) is 10.3. The Morgan fingerprint density at radius 1 is 1.08 bits per heavy atom. The molecule has 1 aromatic heterocycles. The van der Waals surface area contributed by atoms with Gasteiger partial charge in [0.25, 0.3) is 5.91 Å². The molecule has 0 spiro atoms. The predicted octanol–water partition coefficient (Wildman–Crippen LogP) is 5.89. The van der Waals surface area contributed by atoms with Crippen LogP contribution in [0.1, 0.15) is 56.8 Å². The molecule has 1 unspecified atom stereocenters. The first kappa shape index (κ1) is 28.0. The van der Waals surface area contributed by atoms with Gasteiger partial charge in [0.15, 0.2) is 5.13 Å². The number of hydrogen-bond donors (Lipinski definition) is 0. The van der Waals surface area contributed by atoms with E-state index in [2.05, 4.69) is 18.7 Å². The summed E-state index contributed by atoms with van der Waals surface area (Å²) in [7, 11) is -3.61. The highest BCUT2D eigenvalue weighted by atomic mass is 35.5. The van der Waals surface area contributed by atoms with Crippen LogP contribution in [0.5, 0.6) is 0 Å². The molecule has 1 aliphatic heterocycles. The summed E-state index contributed by atoms with van der Waals surface area (Å²) in [5.74, 6) is -0.203. The molecule has 1 saturated heterocycles. The van der Waals surface area contributed by atoms with Crippen molar-refractivity contribution < 1.29 is 13.2 Å². The molecule has 10 heteroatoms. The lowest BCUT2D eigenvalue weighted by molar-refractivity contribution is 0.0983. The third-order valence-electron chi connectivity index (χ3n) is 7.10. The molecule has 200 valence electrons. The normalized spacial score (nSPS) is 16.9. The highest BCUT2D eigenvalue weighted by Gasteiger charge is 2.32. The fraction of sp³-hybridized carbons (Fsp3) is 0.481. The molecule has 0 saturated carbocycles. The number of carbonyl (C=O) groups is 1. The van der Waals surface area contributed by atoms with Gasteiger partial charge in [0.05, 0.1) is 15.1 Å². The zero-order valence-electron chi connectivity index (χ0n) is 21.7. The minimum Gasteiger partial charge on any atom is -0.302 e. The molecule has 0 aliphatic carbocycles. The highest BCUT2D eigenvalue weighted by Crippen LogP contribution is 2.32. The van der Waals surface area contributed by atoms with Gasteiger partial charge in [-0.2, -0.15) is 4.31 Å². The second-order valence-electron chi connectivity index (χ2n) is 9.29. The van der Waals surface area contributed by atoms with Gasteiger partial charge in [-0.15, -0.1) is 0 Å². The van der Waals surface area contributed by atoms with Crippen molar-refractivity contribution in [1.82, 2.24) is 14.2 Å². The maximum absolute atomic E-state index is 13.7. The average Bonchev–Trinajstić information content (AvgIpc) is 3.33. The fourth-order valence-electron chi connectivity index (χ4n) is 4.83. The molecule has 0 radical (unpaired) electrons. The number of sulfonamides is 1. The molecule has 37 heavy (non-hydrogen) atoms. The summed E-state index contributed by atoms with van der Waals surface area (Å²) in [4.78, 5) is 22.6. The van der Waals surface area contributed by atoms with E-state index in [-0.39, 0.29) is 16.8 Å². The average molecular weight is 563 g/mol. The second-order valence-corrected chi connectivity index (χ2v) is 12.6. The minimum atomic E-state index is -3.61. The van der Waals surface area contributed by atoms with E-state index in [9.17, 15) is 13.2 Å². The van der Waals surface area contributed by atoms with E-state index in [1.54, 1.807) is 39.5 Å². The number of rotatable bonds is 10. The number of benzene rings is 2. The van der Waals surface area contributed by atoms with Crippen molar-refractivity contribution in [1.29, 1.82) is 0 Å². The molecule has 1 amide bonds. The lowest BCUT2D eigenvalue weighted by Crippen LogP contribution is -2.43. The molecule has 7 nitrogen and oxygen atoms in total.